The second-order valence-corrected chi connectivity index (χ2v) is 4.15. The Labute approximate surface area is 107 Å². The lowest BCUT2D eigenvalue weighted by atomic mass is 10.0. The number of ether oxygens (including phenoxy) is 1. The van der Waals surface area contributed by atoms with Crippen LogP contribution in [-0.4, -0.2) is 45.9 Å². The third kappa shape index (κ3) is 3.69. The molecule has 7 heteroatoms. The van der Waals surface area contributed by atoms with Gasteiger partial charge >= 0.3 is 6.01 Å². The molecule has 1 rings (SSSR count). The average Bonchev–Trinajstić information content (AvgIpc) is 2.38. The van der Waals surface area contributed by atoms with Crippen molar-refractivity contribution >= 4 is 11.9 Å². The minimum atomic E-state index is -0.462. The normalized spacial score (nSPS) is 13.8. The van der Waals surface area contributed by atoms with Gasteiger partial charge in [0.05, 0.1) is 18.8 Å². The van der Waals surface area contributed by atoms with Crippen LogP contribution in [0.1, 0.15) is 27.2 Å². The van der Waals surface area contributed by atoms with Gasteiger partial charge in [0.1, 0.15) is 0 Å². The van der Waals surface area contributed by atoms with Crippen LogP contribution in [0.15, 0.2) is 0 Å². The van der Waals surface area contributed by atoms with Crippen molar-refractivity contribution in [3.05, 3.63) is 0 Å². The Morgan fingerprint density at radius 3 is 2.39 bits per heavy atom. The van der Waals surface area contributed by atoms with Gasteiger partial charge in [0, 0.05) is 7.05 Å². The van der Waals surface area contributed by atoms with E-state index >= 15 is 0 Å². The van der Waals surface area contributed by atoms with E-state index in [4.69, 9.17) is 4.74 Å². The van der Waals surface area contributed by atoms with Crippen LogP contribution in [0.3, 0.4) is 0 Å². The Balaban J connectivity index is 2.96. The lowest BCUT2D eigenvalue weighted by molar-refractivity contribution is 0.218. The van der Waals surface area contributed by atoms with E-state index in [1.165, 1.54) is 0 Å². The molecule has 0 radical (unpaired) electrons. The van der Waals surface area contributed by atoms with Gasteiger partial charge in [-0.2, -0.15) is 15.0 Å². The Hall–Kier alpha value is -1.63. The van der Waals surface area contributed by atoms with Crippen LogP contribution in [0, 0.1) is 0 Å². The Morgan fingerprint density at radius 1 is 1.22 bits per heavy atom. The zero-order valence-corrected chi connectivity index (χ0v) is 11.3. The van der Waals surface area contributed by atoms with E-state index in [-0.39, 0.29) is 12.6 Å². The van der Waals surface area contributed by atoms with Crippen molar-refractivity contribution in [3.63, 3.8) is 0 Å². The monoisotopic (exact) mass is 255 g/mol. The fraction of sp³-hybridized carbons (Fsp3) is 0.727. The Bertz CT molecular complexity index is 382. The molecule has 0 saturated carbocycles. The second kappa shape index (κ2) is 6.34. The highest BCUT2D eigenvalue weighted by Crippen LogP contribution is 2.17. The third-order valence-electron chi connectivity index (χ3n) is 2.65. The highest BCUT2D eigenvalue weighted by atomic mass is 16.5. The minimum Gasteiger partial charge on any atom is -0.464 e. The van der Waals surface area contributed by atoms with E-state index in [0.717, 1.165) is 6.42 Å². The van der Waals surface area contributed by atoms with Crippen LogP contribution in [0.5, 0.6) is 6.01 Å². The average molecular weight is 255 g/mol. The summed E-state index contributed by atoms with van der Waals surface area (Å²) in [6, 6.07) is 0.260. The molecule has 0 spiro atoms. The zero-order valence-electron chi connectivity index (χ0n) is 11.3. The number of anilines is 2. The third-order valence-corrected chi connectivity index (χ3v) is 2.65. The fourth-order valence-electron chi connectivity index (χ4n) is 1.23. The summed E-state index contributed by atoms with van der Waals surface area (Å²) in [5, 5.41) is 15.3. The Morgan fingerprint density at radius 2 is 1.89 bits per heavy atom. The first kappa shape index (κ1) is 14.4. The van der Waals surface area contributed by atoms with Gasteiger partial charge in [0.25, 0.3) is 0 Å². The van der Waals surface area contributed by atoms with Gasteiger partial charge in [0.15, 0.2) is 0 Å². The molecule has 1 heterocycles. The summed E-state index contributed by atoms with van der Waals surface area (Å²) in [5.41, 5.74) is -0.462. The van der Waals surface area contributed by atoms with Crippen molar-refractivity contribution in [3.8, 4) is 6.01 Å². The first-order chi connectivity index (χ1) is 8.56. The second-order valence-electron chi connectivity index (χ2n) is 4.15. The number of aromatic nitrogens is 3. The van der Waals surface area contributed by atoms with Gasteiger partial charge in [-0.3, -0.25) is 0 Å². The summed E-state index contributed by atoms with van der Waals surface area (Å²) < 4.78 is 5.27. The Kier molecular flexibility index (Phi) is 5.08. The first-order valence-corrected chi connectivity index (χ1v) is 6.02. The molecule has 0 aliphatic carbocycles. The summed E-state index contributed by atoms with van der Waals surface area (Å²) in [4.78, 5) is 12.4. The number of nitrogens with zero attached hydrogens (tertiary/aromatic N) is 3. The van der Waals surface area contributed by atoms with Gasteiger partial charge in [0.2, 0.25) is 11.9 Å². The highest BCUT2D eigenvalue weighted by molar-refractivity contribution is 5.37. The standard InChI is InChI=1S/C11H21N5O2/c1-5-11(3,7-17)16-9-13-8(12-4)14-10(15-9)18-6-2/h17H,5-7H2,1-4H3,(H2,12,13,14,15,16). The van der Waals surface area contributed by atoms with Gasteiger partial charge in [-0.1, -0.05) is 6.92 Å². The van der Waals surface area contributed by atoms with Crippen molar-refractivity contribution in [1.82, 2.24) is 15.0 Å². The van der Waals surface area contributed by atoms with Crippen LogP contribution in [-0.2, 0) is 0 Å². The molecule has 7 nitrogen and oxygen atoms in total. The van der Waals surface area contributed by atoms with Crippen molar-refractivity contribution in [2.75, 3.05) is 30.9 Å². The van der Waals surface area contributed by atoms with Crippen LogP contribution < -0.4 is 15.4 Å². The van der Waals surface area contributed by atoms with E-state index in [0.29, 0.717) is 18.5 Å². The molecule has 0 saturated heterocycles. The molecule has 3 N–H and O–H groups in total. The molecular weight excluding hydrogens is 234 g/mol. The molecule has 0 aliphatic rings. The number of hydrogen-bond acceptors (Lipinski definition) is 7. The van der Waals surface area contributed by atoms with E-state index < -0.39 is 5.54 Å². The number of rotatable bonds is 7. The summed E-state index contributed by atoms with van der Waals surface area (Å²) in [7, 11) is 1.72. The van der Waals surface area contributed by atoms with Crippen LogP contribution in [0.25, 0.3) is 0 Å². The lowest BCUT2D eigenvalue weighted by Crippen LogP contribution is -2.38. The summed E-state index contributed by atoms with van der Waals surface area (Å²) in [6.45, 7) is 6.22. The number of aliphatic hydroxyl groups excluding tert-OH is 1. The van der Waals surface area contributed by atoms with Crippen molar-refractivity contribution < 1.29 is 9.84 Å². The summed E-state index contributed by atoms with van der Waals surface area (Å²) >= 11 is 0. The number of hydrogen-bond donors (Lipinski definition) is 3. The van der Waals surface area contributed by atoms with Crippen LogP contribution in [0.2, 0.25) is 0 Å². The molecule has 0 amide bonds. The molecule has 1 aromatic heterocycles. The van der Waals surface area contributed by atoms with Gasteiger partial charge < -0.3 is 20.5 Å². The molecule has 1 atom stereocenters. The fourth-order valence-corrected chi connectivity index (χ4v) is 1.23. The predicted octanol–water partition coefficient (Wildman–Crippen LogP) is 0.885. The number of aliphatic hydroxyl groups is 1. The largest absolute Gasteiger partial charge is 0.464 e. The molecule has 1 unspecified atom stereocenters. The first-order valence-electron chi connectivity index (χ1n) is 6.02. The smallest absolute Gasteiger partial charge is 0.323 e. The molecule has 0 fully saturated rings. The molecule has 1 aromatic rings. The maximum atomic E-state index is 9.37. The quantitative estimate of drug-likeness (QED) is 0.666. The molecule has 0 aromatic carbocycles. The number of nitrogens with one attached hydrogen (secondary N) is 2. The topological polar surface area (TPSA) is 92.2 Å². The van der Waals surface area contributed by atoms with E-state index in [1.807, 2.05) is 20.8 Å². The zero-order chi connectivity index (χ0) is 13.6. The van der Waals surface area contributed by atoms with Gasteiger partial charge in [-0.15, -0.1) is 0 Å². The van der Waals surface area contributed by atoms with Gasteiger partial charge in [-0.05, 0) is 20.3 Å². The van der Waals surface area contributed by atoms with Crippen molar-refractivity contribution in [1.29, 1.82) is 0 Å². The van der Waals surface area contributed by atoms with Crippen LogP contribution in [0.4, 0.5) is 11.9 Å². The molecule has 18 heavy (non-hydrogen) atoms. The molecule has 0 bridgehead atoms. The van der Waals surface area contributed by atoms with Crippen LogP contribution >= 0.6 is 0 Å². The highest BCUT2D eigenvalue weighted by Gasteiger charge is 2.22. The SMILES string of the molecule is CCOc1nc(NC)nc(NC(C)(CC)CO)n1. The molecule has 102 valence electrons. The predicted molar refractivity (Wildman–Crippen MR) is 69.9 cm³/mol. The summed E-state index contributed by atoms with van der Waals surface area (Å²) in [6.07, 6.45) is 0.744. The molecular formula is C11H21N5O2. The van der Waals surface area contributed by atoms with E-state index in [2.05, 4.69) is 25.6 Å². The van der Waals surface area contributed by atoms with Gasteiger partial charge in [-0.25, -0.2) is 0 Å². The van der Waals surface area contributed by atoms with E-state index in [9.17, 15) is 5.11 Å². The van der Waals surface area contributed by atoms with Crippen molar-refractivity contribution in [2.45, 2.75) is 32.7 Å². The maximum absolute atomic E-state index is 9.37. The van der Waals surface area contributed by atoms with E-state index in [1.54, 1.807) is 7.05 Å². The van der Waals surface area contributed by atoms with Crippen molar-refractivity contribution in [2.24, 2.45) is 0 Å². The summed E-state index contributed by atoms with van der Waals surface area (Å²) in [5.74, 6) is 0.809. The lowest BCUT2D eigenvalue weighted by Gasteiger charge is -2.27. The maximum Gasteiger partial charge on any atom is 0.323 e. The molecule has 0 aliphatic heterocycles. The minimum absolute atomic E-state index is 0.00591.